The van der Waals surface area contributed by atoms with Crippen LogP contribution in [0.5, 0.6) is 0 Å². The molecule has 5 nitrogen and oxygen atoms in total. The van der Waals surface area contributed by atoms with E-state index in [0.29, 0.717) is 18.1 Å². The van der Waals surface area contributed by atoms with Gasteiger partial charge in [-0.05, 0) is 24.8 Å². The Balaban J connectivity index is 1.93. The Labute approximate surface area is 150 Å². The van der Waals surface area contributed by atoms with Crippen LogP contribution in [0.2, 0.25) is 0 Å². The molecule has 0 fully saturated rings. The number of anilines is 1. The number of thiophene rings is 1. The van der Waals surface area contributed by atoms with E-state index in [1.165, 1.54) is 11.3 Å². The largest absolute Gasteiger partial charge is 0.333 e. The predicted molar refractivity (Wildman–Crippen MR) is 99.6 cm³/mol. The molecule has 0 spiro atoms. The topological polar surface area (TPSA) is 62.3 Å². The zero-order chi connectivity index (χ0) is 17.4. The molecule has 0 unspecified atom stereocenters. The molecule has 2 aromatic heterocycles. The first kappa shape index (κ1) is 18.6. The van der Waals surface area contributed by atoms with Crippen LogP contribution < -0.4 is 5.32 Å². The molecule has 2 heterocycles. The van der Waals surface area contributed by atoms with E-state index in [4.69, 9.17) is 0 Å². The lowest BCUT2D eigenvalue weighted by Gasteiger charge is -2.21. The van der Waals surface area contributed by atoms with Crippen molar-refractivity contribution >= 4 is 39.6 Å². The molecular formula is C17H23N3O2S2. The number of hydrogen-bond donors (Lipinski definition) is 1. The Morgan fingerprint density at radius 2 is 2.17 bits per heavy atom. The molecular weight excluding hydrogens is 342 g/mol. The quantitative estimate of drug-likeness (QED) is 0.689. The summed E-state index contributed by atoms with van der Waals surface area (Å²) >= 11 is 3.00. The average molecular weight is 366 g/mol. The van der Waals surface area contributed by atoms with E-state index >= 15 is 0 Å². The van der Waals surface area contributed by atoms with Gasteiger partial charge in [-0.1, -0.05) is 25.8 Å². The summed E-state index contributed by atoms with van der Waals surface area (Å²) < 4.78 is 0. The van der Waals surface area contributed by atoms with Crippen molar-refractivity contribution in [2.24, 2.45) is 0 Å². The molecule has 130 valence electrons. The minimum atomic E-state index is -0.194. The predicted octanol–water partition coefficient (Wildman–Crippen LogP) is 3.71. The van der Waals surface area contributed by atoms with Crippen LogP contribution >= 0.6 is 22.7 Å². The monoisotopic (exact) mass is 365 g/mol. The number of carbonyl (C=O) groups is 2. The lowest BCUT2D eigenvalue weighted by Crippen LogP contribution is -2.39. The van der Waals surface area contributed by atoms with E-state index in [1.807, 2.05) is 24.4 Å². The van der Waals surface area contributed by atoms with Crippen molar-refractivity contribution in [3.63, 3.8) is 0 Å². The molecule has 1 N–H and O–H groups in total. The summed E-state index contributed by atoms with van der Waals surface area (Å²) in [6, 6.07) is 3.89. The van der Waals surface area contributed by atoms with E-state index in [1.54, 1.807) is 22.4 Å². The van der Waals surface area contributed by atoms with Gasteiger partial charge >= 0.3 is 0 Å². The second-order valence-corrected chi connectivity index (χ2v) is 7.87. The number of amides is 2. The number of unbranched alkanes of at least 4 members (excludes halogenated alkanes) is 2. The molecule has 2 aromatic rings. The maximum absolute atomic E-state index is 12.5. The molecule has 0 saturated heterocycles. The van der Waals surface area contributed by atoms with Gasteiger partial charge in [0.15, 0.2) is 5.13 Å². The Morgan fingerprint density at radius 1 is 1.33 bits per heavy atom. The molecule has 0 saturated carbocycles. The first-order valence-electron chi connectivity index (χ1n) is 8.11. The summed E-state index contributed by atoms with van der Waals surface area (Å²) in [6.45, 7) is 4.75. The molecule has 2 rings (SSSR count). The third-order valence-corrected chi connectivity index (χ3v) is 5.20. The fourth-order valence-corrected chi connectivity index (χ4v) is 3.64. The van der Waals surface area contributed by atoms with Crippen molar-refractivity contribution < 1.29 is 9.59 Å². The molecule has 0 atom stereocenters. The second kappa shape index (κ2) is 9.54. The lowest BCUT2D eigenvalue weighted by atomic mass is 10.2. The standard InChI is InChI=1S/C17H23N3O2S2/c1-3-4-5-8-20(16(22)10-14-7-6-9-23-14)12-15(21)19-17-18-11-13(2)24-17/h6-7,9,11H,3-5,8,10,12H2,1-2H3,(H,18,19,21). The van der Waals surface area contributed by atoms with Crippen LogP contribution in [-0.2, 0) is 16.0 Å². The number of carbonyl (C=O) groups excluding carboxylic acids is 2. The number of thiazole rings is 1. The van der Waals surface area contributed by atoms with Crippen molar-refractivity contribution in [3.05, 3.63) is 33.5 Å². The Hall–Kier alpha value is -1.73. The number of aromatic nitrogens is 1. The van der Waals surface area contributed by atoms with Gasteiger partial charge in [0.2, 0.25) is 11.8 Å². The lowest BCUT2D eigenvalue weighted by molar-refractivity contribution is -0.134. The molecule has 7 heteroatoms. The van der Waals surface area contributed by atoms with Crippen molar-refractivity contribution in [2.45, 2.75) is 39.5 Å². The van der Waals surface area contributed by atoms with Crippen LogP contribution in [0.3, 0.4) is 0 Å². The van der Waals surface area contributed by atoms with Crippen LogP contribution in [0, 0.1) is 6.92 Å². The molecule has 0 aliphatic carbocycles. The highest BCUT2D eigenvalue weighted by Gasteiger charge is 2.18. The highest BCUT2D eigenvalue weighted by molar-refractivity contribution is 7.15. The van der Waals surface area contributed by atoms with Crippen LogP contribution in [-0.4, -0.2) is 34.8 Å². The molecule has 0 radical (unpaired) electrons. The minimum absolute atomic E-state index is 0.000905. The van der Waals surface area contributed by atoms with Crippen molar-refractivity contribution in [3.8, 4) is 0 Å². The first-order chi connectivity index (χ1) is 11.6. The normalized spacial score (nSPS) is 10.6. The zero-order valence-electron chi connectivity index (χ0n) is 14.1. The van der Waals surface area contributed by atoms with E-state index in [9.17, 15) is 9.59 Å². The molecule has 0 aliphatic rings. The van der Waals surface area contributed by atoms with Gasteiger partial charge in [-0.15, -0.1) is 22.7 Å². The van der Waals surface area contributed by atoms with Crippen LogP contribution in [0.25, 0.3) is 0 Å². The summed E-state index contributed by atoms with van der Waals surface area (Å²) in [4.78, 5) is 32.6. The summed E-state index contributed by atoms with van der Waals surface area (Å²) in [5.41, 5.74) is 0. The Kier molecular flexibility index (Phi) is 7.39. The van der Waals surface area contributed by atoms with Gasteiger partial charge in [-0.25, -0.2) is 4.98 Å². The number of aryl methyl sites for hydroxylation is 1. The Morgan fingerprint density at radius 3 is 2.79 bits per heavy atom. The first-order valence-corrected chi connectivity index (χ1v) is 9.80. The molecule has 0 bridgehead atoms. The number of nitrogens with one attached hydrogen (secondary N) is 1. The highest BCUT2D eigenvalue weighted by atomic mass is 32.1. The number of rotatable bonds is 9. The third kappa shape index (κ3) is 6.05. The maximum atomic E-state index is 12.5. The second-order valence-electron chi connectivity index (χ2n) is 5.60. The Bertz CT molecular complexity index is 653. The molecule has 0 aliphatic heterocycles. The van der Waals surface area contributed by atoms with Gasteiger partial charge in [0.1, 0.15) is 0 Å². The summed E-state index contributed by atoms with van der Waals surface area (Å²) in [5.74, 6) is -0.195. The third-order valence-electron chi connectivity index (χ3n) is 3.49. The molecule has 24 heavy (non-hydrogen) atoms. The maximum Gasteiger partial charge on any atom is 0.245 e. The van der Waals surface area contributed by atoms with Gasteiger partial charge < -0.3 is 10.2 Å². The van der Waals surface area contributed by atoms with E-state index in [-0.39, 0.29) is 18.4 Å². The number of nitrogens with zero attached hydrogens (tertiary/aromatic N) is 2. The van der Waals surface area contributed by atoms with Gasteiger partial charge in [-0.2, -0.15) is 0 Å². The average Bonchev–Trinajstić information content (AvgIpc) is 3.18. The van der Waals surface area contributed by atoms with Crippen molar-refractivity contribution in [2.75, 3.05) is 18.4 Å². The van der Waals surface area contributed by atoms with Crippen molar-refractivity contribution in [1.82, 2.24) is 9.88 Å². The van der Waals surface area contributed by atoms with Gasteiger partial charge in [0.05, 0.1) is 13.0 Å². The number of hydrogen-bond acceptors (Lipinski definition) is 5. The van der Waals surface area contributed by atoms with Crippen LogP contribution in [0.4, 0.5) is 5.13 Å². The van der Waals surface area contributed by atoms with Gasteiger partial charge in [0, 0.05) is 22.5 Å². The van der Waals surface area contributed by atoms with E-state index in [0.717, 1.165) is 29.0 Å². The fourth-order valence-electron chi connectivity index (χ4n) is 2.26. The smallest absolute Gasteiger partial charge is 0.245 e. The summed E-state index contributed by atoms with van der Waals surface area (Å²) in [7, 11) is 0. The van der Waals surface area contributed by atoms with Gasteiger partial charge in [-0.3, -0.25) is 9.59 Å². The SMILES string of the molecule is CCCCCN(CC(=O)Nc1ncc(C)s1)C(=O)Cc1cccs1. The van der Waals surface area contributed by atoms with Gasteiger partial charge in [0.25, 0.3) is 0 Å². The summed E-state index contributed by atoms with van der Waals surface area (Å²) in [6.07, 6.45) is 5.12. The zero-order valence-corrected chi connectivity index (χ0v) is 15.7. The highest BCUT2D eigenvalue weighted by Crippen LogP contribution is 2.16. The van der Waals surface area contributed by atoms with Crippen LogP contribution in [0.1, 0.15) is 35.9 Å². The van der Waals surface area contributed by atoms with Crippen LogP contribution in [0.15, 0.2) is 23.7 Å². The summed E-state index contributed by atoms with van der Waals surface area (Å²) in [5, 5.41) is 5.31. The van der Waals surface area contributed by atoms with E-state index < -0.39 is 0 Å². The minimum Gasteiger partial charge on any atom is -0.333 e. The molecule has 0 aromatic carbocycles. The molecule has 2 amide bonds. The fraction of sp³-hybridized carbons (Fsp3) is 0.471. The van der Waals surface area contributed by atoms with Crippen molar-refractivity contribution in [1.29, 1.82) is 0 Å². The van der Waals surface area contributed by atoms with E-state index in [2.05, 4.69) is 17.2 Å².